The molecule has 1 N–H and O–H groups in total. The van der Waals surface area contributed by atoms with E-state index in [1.165, 1.54) is 36.5 Å². The van der Waals surface area contributed by atoms with Crippen molar-refractivity contribution in [1.82, 2.24) is 9.99 Å². The quantitative estimate of drug-likeness (QED) is 0.266. The number of halogens is 1. The van der Waals surface area contributed by atoms with Crippen LogP contribution in [-0.4, -0.2) is 31.7 Å². The Morgan fingerprint density at radius 1 is 0.973 bits per heavy atom. The lowest BCUT2D eigenvalue weighted by atomic mass is 10.2. The Labute approximate surface area is 215 Å². The molecule has 4 aromatic rings. The summed E-state index contributed by atoms with van der Waals surface area (Å²) in [6.45, 7) is 5.32. The predicted octanol–water partition coefficient (Wildman–Crippen LogP) is 4.89. The summed E-state index contributed by atoms with van der Waals surface area (Å²) in [7, 11) is -4.22. The second kappa shape index (κ2) is 10.8. The molecule has 7 nitrogen and oxygen atoms in total. The number of nitrogens with zero attached hydrogens (tertiary/aromatic N) is 3. The standard InChI is InChI=1S/C28H27FN4O3S/c1-20-11-7-9-15-26(20)33-21(2)17-23(22(33)3)18-30-31-28(34)19-32(27-16-10-8-14-25(27)29)37(35,36)24-12-5-4-6-13-24/h4-18H,19H2,1-3H3,(H,31,34)/b30-18-. The van der Waals surface area contributed by atoms with Crippen molar-refractivity contribution < 1.29 is 17.6 Å². The third-order valence-electron chi connectivity index (χ3n) is 5.96. The van der Waals surface area contributed by atoms with E-state index in [1.807, 2.05) is 51.1 Å². The molecule has 0 bridgehead atoms. The van der Waals surface area contributed by atoms with Gasteiger partial charge in [-0.3, -0.25) is 9.10 Å². The third-order valence-corrected chi connectivity index (χ3v) is 7.73. The topological polar surface area (TPSA) is 83.8 Å². The van der Waals surface area contributed by atoms with Crippen molar-refractivity contribution in [3.05, 3.63) is 113 Å². The van der Waals surface area contributed by atoms with E-state index < -0.39 is 28.3 Å². The number of rotatable bonds is 8. The number of nitrogens with one attached hydrogen (secondary N) is 1. The first-order valence-electron chi connectivity index (χ1n) is 11.6. The van der Waals surface area contributed by atoms with E-state index in [2.05, 4.69) is 15.1 Å². The zero-order chi connectivity index (χ0) is 26.6. The summed E-state index contributed by atoms with van der Waals surface area (Å²) in [5.74, 6) is -1.48. The fraction of sp³-hybridized carbons (Fsp3) is 0.143. The van der Waals surface area contributed by atoms with Gasteiger partial charge in [-0.15, -0.1) is 0 Å². The molecule has 0 spiro atoms. The van der Waals surface area contributed by atoms with Gasteiger partial charge in [-0.05, 0) is 62.7 Å². The van der Waals surface area contributed by atoms with E-state index in [1.54, 1.807) is 18.2 Å². The lowest BCUT2D eigenvalue weighted by molar-refractivity contribution is -0.119. The zero-order valence-electron chi connectivity index (χ0n) is 20.7. The van der Waals surface area contributed by atoms with Crippen LogP contribution in [0.15, 0.2) is 94.9 Å². The molecule has 37 heavy (non-hydrogen) atoms. The minimum atomic E-state index is -4.22. The van der Waals surface area contributed by atoms with Crippen LogP contribution in [0.4, 0.5) is 10.1 Å². The van der Waals surface area contributed by atoms with Crippen LogP contribution in [0.25, 0.3) is 5.69 Å². The number of sulfonamides is 1. The van der Waals surface area contributed by atoms with Crippen LogP contribution < -0.4 is 9.73 Å². The molecule has 0 aliphatic rings. The molecular formula is C28H27FN4O3S. The van der Waals surface area contributed by atoms with E-state index in [-0.39, 0.29) is 10.6 Å². The molecule has 190 valence electrons. The smallest absolute Gasteiger partial charge is 0.264 e. The molecule has 0 saturated carbocycles. The molecule has 0 saturated heterocycles. The van der Waals surface area contributed by atoms with E-state index in [4.69, 9.17) is 0 Å². The van der Waals surface area contributed by atoms with Gasteiger partial charge >= 0.3 is 0 Å². The summed E-state index contributed by atoms with van der Waals surface area (Å²) in [6, 6.07) is 22.9. The molecule has 3 aromatic carbocycles. The molecule has 0 unspecified atom stereocenters. The van der Waals surface area contributed by atoms with Gasteiger partial charge in [0.2, 0.25) is 0 Å². The average Bonchev–Trinajstić information content (AvgIpc) is 3.16. The first kappa shape index (κ1) is 25.8. The molecule has 1 aromatic heterocycles. The van der Waals surface area contributed by atoms with Gasteiger partial charge in [0.05, 0.1) is 16.8 Å². The van der Waals surface area contributed by atoms with Crippen LogP contribution in [-0.2, 0) is 14.8 Å². The fourth-order valence-corrected chi connectivity index (χ4v) is 5.57. The average molecular weight is 519 g/mol. The predicted molar refractivity (Wildman–Crippen MR) is 143 cm³/mol. The summed E-state index contributed by atoms with van der Waals surface area (Å²) >= 11 is 0. The Hall–Kier alpha value is -4.24. The monoisotopic (exact) mass is 518 g/mol. The normalized spacial score (nSPS) is 11.6. The second-order valence-corrected chi connectivity index (χ2v) is 10.4. The Kier molecular flexibility index (Phi) is 7.54. The van der Waals surface area contributed by atoms with Gasteiger partial charge in [-0.25, -0.2) is 18.2 Å². The number of aromatic nitrogens is 1. The second-order valence-electron chi connectivity index (χ2n) is 8.52. The minimum Gasteiger partial charge on any atom is -0.318 e. The van der Waals surface area contributed by atoms with Crippen molar-refractivity contribution in [3.8, 4) is 5.69 Å². The van der Waals surface area contributed by atoms with Gasteiger partial charge in [0, 0.05) is 22.6 Å². The van der Waals surface area contributed by atoms with Gasteiger partial charge < -0.3 is 4.57 Å². The Morgan fingerprint density at radius 2 is 1.62 bits per heavy atom. The molecule has 1 heterocycles. The number of amides is 1. The highest BCUT2D eigenvalue weighted by Crippen LogP contribution is 2.26. The van der Waals surface area contributed by atoms with Crippen LogP contribution >= 0.6 is 0 Å². The number of benzene rings is 3. The number of aryl methyl sites for hydroxylation is 2. The molecule has 0 radical (unpaired) electrons. The fourth-order valence-electron chi connectivity index (χ4n) is 4.12. The summed E-state index contributed by atoms with van der Waals surface area (Å²) in [5.41, 5.74) is 7.04. The highest BCUT2D eigenvalue weighted by Gasteiger charge is 2.29. The SMILES string of the molecule is Cc1ccccc1-n1c(C)cc(/C=N\NC(=O)CN(c2ccccc2F)S(=O)(=O)c2ccccc2)c1C. The number of para-hydroxylation sites is 2. The van der Waals surface area contributed by atoms with Gasteiger partial charge in [-0.2, -0.15) is 5.10 Å². The number of hydrogen-bond acceptors (Lipinski definition) is 4. The van der Waals surface area contributed by atoms with Gasteiger partial charge in [0.15, 0.2) is 0 Å². The molecule has 4 rings (SSSR count). The van der Waals surface area contributed by atoms with Crippen molar-refractivity contribution in [2.75, 3.05) is 10.8 Å². The maximum Gasteiger partial charge on any atom is 0.264 e. The summed E-state index contributed by atoms with van der Waals surface area (Å²) in [5, 5.41) is 4.04. The van der Waals surface area contributed by atoms with Gasteiger partial charge in [0.25, 0.3) is 15.9 Å². The lowest BCUT2D eigenvalue weighted by Crippen LogP contribution is -2.40. The van der Waals surface area contributed by atoms with Crippen LogP contribution in [0.5, 0.6) is 0 Å². The van der Waals surface area contributed by atoms with E-state index >= 15 is 0 Å². The first-order valence-corrected chi connectivity index (χ1v) is 13.0. The zero-order valence-corrected chi connectivity index (χ0v) is 21.5. The number of hydrogen-bond donors (Lipinski definition) is 1. The summed E-state index contributed by atoms with van der Waals surface area (Å²) < 4.78 is 44.0. The minimum absolute atomic E-state index is 0.0572. The van der Waals surface area contributed by atoms with Crippen LogP contribution in [0.2, 0.25) is 0 Å². The largest absolute Gasteiger partial charge is 0.318 e. The van der Waals surface area contributed by atoms with E-state index in [0.29, 0.717) is 0 Å². The van der Waals surface area contributed by atoms with Crippen molar-refractivity contribution >= 4 is 27.8 Å². The van der Waals surface area contributed by atoms with E-state index in [9.17, 15) is 17.6 Å². The van der Waals surface area contributed by atoms with Crippen LogP contribution in [0.1, 0.15) is 22.5 Å². The molecule has 1 amide bonds. The highest BCUT2D eigenvalue weighted by molar-refractivity contribution is 7.92. The van der Waals surface area contributed by atoms with Gasteiger partial charge in [-0.1, -0.05) is 48.5 Å². The van der Waals surface area contributed by atoms with Crippen molar-refractivity contribution in [3.63, 3.8) is 0 Å². The van der Waals surface area contributed by atoms with Gasteiger partial charge in [0.1, 0.15) is 12.4 Å². The maximum absolute atomic E-state index is 14.6. The number of hydrazone groups is 1. The van der Waals surface area contributed by atoms with Crippen LogP contribution in [0.3, 0.4) is 0 Å². The summed E-state index contributed by atoms with van der Waals surface area (Å²) in [6.07, 6.45) is 1.51. The van der Waals surface area contributed by atoms with Crippen molar-refractivity contribution in [2.24, 2.45) is 5.10 Å². The molecule has 0 aliphatic carbocycles. The molecule has 0 fully saturated rings. The Morgan fingerprint density at radius 3 is 2.32 bits per heavy atom. The Balaban J connectivity index is 1.56. The van der Waals surface area contributed by atoms with Crippen LogP contribution in [0, 0.1) is 26.6 Å². The maximum atomic E-state index is 14.6. The Bertz CT molecular complexity index is 1560. The molecular weight excluding hydrogens is 491 g/mol. The highest BCUT2D eigenvalue weighted by atomic mass is 32.2. The molecule has 0 atom stereocenters. The number of carbonyl (C=O) groups is 1. The lowest BCUT2D eigenvalue weighted by Gasteiger charge is -2.24. The van der Waals surface area contributed by atoms with Crippen molar-refractivity contribution in [2.45, 2.75) is 25.7 Å². The first-order chi connectivity index (χ1) is 17.7. The molecule has 9 heteroatoms. The van der Waals surface area contributed by atoms with Crippen molar-refractivity contribution in [1.29, 1.82) is 0 Å². The van der Waals surface area contributed by atoms with E-state index in [0.717, 1.165) is 38.6 Å². The number of carbonyl (C=O) groups excluding carboxylic acids is 1. The third kappa shape index (κ3) is 5.46. The molecule has 0 aliphatic heterocycles. The summed E-state index contributed by atoms with van der Waals surface area (Å²) in [4.78, 5) is 12.7. The number of anilines is 1.